The smallest absolute Gasteiger partial charge is 0.119 e. The quantitative estimate of drug-likeness (QED) is 0.704. The van der Waals surface area contributed by atoms with Crippen LogP contribution in [-0.4, -0.2) is 6.61 Å². The van der Waals surface area contributed by atoms with Crippen molar-refractivity contribution in [1.29, 1.82) is 0 Å². The van der Waals surface area contributed by atoms with Crippen molar-refractivity contribution in [2.45, 2.75) is 6.92 Å². The summed E-state index contributed by atoms with van der Waals surface area (Å²) in [6.07, 6.45) is 0. The second kappa shape index (κ2) is 4.43. The fraction of sp³-hybridized carbons (Fsp3) is 0.250. The molecule has 0 amide bonds. The molecule has 0 saturated carbocycles. The molecule has 0 aromatic heterocycles. The minimum Gasteiger partial charge on any atom is -0.494 e. The van der Waals surface area contributed by atoms with Crippen LogP contribution in [0.3, 0.4) is 0 Å². The van der Waals surface area contributed by atoms with E-state index in [9.17, 15) is 0 Å². The Morgan fingerprint density at radius 1 is 1.25 bits per heavy atom. The third-order valence-electron chi connectivity index (χ3n) is 1.34. The Balaban J connectivity index is 2.71. The van der Waals surface area contributed by atoms with Gasteiger partial charge in [-0.3, -0.25) is 0 Å². The van der Waals surface area contributed by atoms with E-state index in [1.165, 1.54) is 0 Å². The van der Waals surface area contributed by atoms with E-state index >= 15 is 0 Å². The van der Waals surface area contributed by atoms with Crippen molar-refractivity contribution in [3.8, 4) is 5.75 Å². The molecule has 0 aliphatic carbocycles. The fourth-order valence-electron chi connectivity index (χ4n) is 0.822. The number of benzene rings is 1. The maximum absolute atomic E-state index is 5.49. The lowest BCUT2D eigenvalue weighted by Gasteiger charge is -2.06. The fourth-order valence-corrected chi connectivity index (χ4v) is 1.05. The number of hydrogen-bond acceptors (Lipinski definition) is 2. The normalized spacial score (nSPS) is 9.58. The van der Waals surface area contributed by atoms with Crippen LogP contribution in [0.4, 0.5) is 5.69 Å². The van der Waals surface area contributed by atoms with Gasteiger partial charge in [0.1, 0.15) is 5.75 Å². The SMILES string of the molecule is CCOc1ccc(N(Cl)Cl)cc1. The lowest BCUT2D eigenvalue weighted by Crippen LogP contribution is -1.93. The van der Waals surface area contributed by atoms with Gasteiger partial charge in [0.05, 0.1) is 12.3 Å². The van der Waals surface area contributed by atoms with Crippen LogP contribution in [0.15, 0.2) is 24.3 Å². The van der Waals surface area contributed by atoms with Crippen LogP contribution in [0, 0.1) is 0 Å². The molecule has 0 bridgehead atoms. The van der Waals surface area contributed by atoms with Gasteiger partial charge in [0, 0.05) is 23.6 Å². The number of rotatable bonds is 3. The highest BCUT2D eigenvalue weighted by molar-refractivity contribution is 6.49. The second-order valence-corrected chi connectivity index (χ2v) is 3.01. The maximum atomic E-state index is 5.49. The van der Waals surface area contributed by atoms with Crippen molar-refractivity contribution in [2.75, 3.05) is 10.5 Å². The van der Waals surface area contributed by atoms with Crippen molar-refractivity contribution in [2.24, 2.45) is 0 Å². The standard InChI is InChI=1S/C8H9Cl2NO/c1-2-12-8-5-3-7(4-6-8)11(9)10/h3-6H,2H2,1H3. The molecule has 0 saturated heterocycles. The van der Waals surface area contributed by atoms with Crippen LogP contribution in [-0.2, 0) is 0 Å². The molecule has 4 heteroatoms. The summed E-state index contributed by atoms with van der Waals surface area (Å²) in [5.74, 6) is 0.816. The highest BCUT2D eigenvalue weighted by atomic mass is 35.5. The number of nitrogens with zero attached hydrogens (tertiary/aromatic N) is 1. The van der Waals surface area contributed by atoms with Crippen molar-refractivity contribution in [1.82, 2.24) is 0 Å². The molecular formula is C8H9Cl2NO. The Hall–Kier alpha value is -0.600. The van der Waals surface area contributed by atoms with E-state index < -0.39 is 0 Å². The molecule has 1 rings (SSSR count). The number of anilines is 1. The summed E-state index contributed by atoms with van der Waals surface area (Å²) < 4.78 is 6.25. The van der Waals surface area contributed by atoms with E-state index in [0.29, 0.717) is 6.61 Å². The zero-order chi connectivity index (χ0) is 8.97. The average Bonchev–Trinajstić information content (AvgIpc) is 2.06. The van der Waals surface area contributed by atoms with Crippen LogP contribution < -0.4 is 8.67 Å². The topological polar surface area (TPSA) is 12.5 Å². The van der Waals surface area contributed by atoms with Gasteiger partial charge in [-0.2, -0.15) is 3.94 Å². The van der Waals surface area contributed by atoms with Crippen LogP contribution in [0.2, 0.25) is 0 Å². The predicted octanol–water partition coefficient (Wildman–Crippen LogP) is 3.20. The molecule has 0 N–H and O–H groups in total. The van der Waals surface area contributed by atoms with Crippen molar-refractivity contribution >= 4 is 29.2 Å². The first-order valence-electron chi connectivity index (χ1n) is 3.58. The first-order valence-corrected chi connectivity index (χ1v) is 4.26. The molecule has 1 aromatic carbocycles. The largest absolute Gasteiger partial charge is 0.494 e. The van der Waals surface area contributed by atoms with Gasteiger partial charge >= 0.3 is 0 Å². The third-order valence-corrected chi connectivity index (χ3v) is 1.73. The van der Waals surface area contributed by atoms with E-state index in [1.807, 2.05) is 19.1 Å². The lowest BCUT2D eigenvalue weighted by atomic mass is 10.3. The Labute approximate surface area is 81.9 Å². The predicted molar refractivity (Wildman–Crippen MR) is 51.8 cm³/mol. The number of ether oxygens (including phenoxy) is 1. The monoisotopic (exact) mass is 205 g/mol. The van der Waals surface area contributed by atoms with Crippen molar-refractivity contribution in [3.05, 3.63) is 24.3 Å². The summed E-state index contributed by atoms with van der Waals surface area (Å²) in [6, 6.07) is 7.20. The lowest BCUT2D eigenvalue weighted by molar-refractivity contribution is 0.340. The molecule has 66 valence electrons. The van der Waals surface area contributed by atoms with Gasteiger partial charge in [0.25, 0.3) is 0 Å². The first-order chi connectivity index (χ1) is 5.74. The van der Waals surface area contributed by atoms with Crippen LogP contribution >= 0.6 is 23.6 Å². The molecule has 0 aliphatic heterocycles. The molecule has 0 radical (unpaired) electrons. The van der Waals surface area contributed by atoms with E-state index in [-0.39, 0.29) is 0 Å². The zero-order valence-electron chi connectivity index (χ0n) is 6.63. The van der Waals surface area contributed by atoms with Crippen LogP contribution in [0.25, 0.3) is 0 Å². The van der Waals surface area contributed by atoms with E-state index in [0.717, 1.165) is 15.4 Å². The van der Waals surface area contributed by atoms with E-state index in [1.54, 1.807) is 12.1 Å². The average molecular weight is 206 g/mol. The minimum atomic E-state index is 0.658. The number of hydrogen-bond donors (Lipinski definition) is 0. The van der Waals surface area contributed by atoms with Gasteiger partial charge < -0.3 is 4.74 Å². The molecule has 0 spiro atoms. The van der Waals surface area contributed by atoms with Crippen molar-refractivity contribution in [3.63, 3.8) is 0 Å². The Kier molecular flexibility index (Phi) is 3.50. The molecule has 0 heterocycles. The van der Waals surface area contributed by atoms with Gasteiger partial charge in [-0.15, -0.1) is 0 Å². The Morgan fingerprint density at radius 3 is 2.25 bits per heavy atom. The highest BCUT2D eigenvalue weighted by Crippen LogP contribution is 2.22. The molecule has 12 heavy (non-hydrogen) atoms. The molecule has 0 fully saturated rings. The maximum Gasteiger partial charge on any atom is 0.119 e. The van der Waals surface area contributed by atoms with Gasteiger partial charge in [0.15, 0.2) is 0 Å². The van der Waals surface area contributed by atoms with E-state index in [4.69, 9.17) is 28.3 Å². The molecule has 0 unspecified atom stereocenters. The molecule has 0 aliphatic rings. The molecule has 0 atom stereocenters. The molecular weight excluding hydrogens is 197 g/mol. The molecule has 2 nitrogen and oxygen atoms in total. The zero-order valence-corrected chi connectivity index (χ0v) is 8.14. The summed E-state index contributed by atoms with van der Waals surface area (Å²) in [5, 5.41) is 0. The summed E-state index contributed by atoms with van der Waals surface area (Å²) >= 11 is 11.0. The first kappa shape index (κ1) is 9.49. The third kappa shape index (κ3) is 2.47. The van der Waals surface area contributed by atoms with Crippen molar-refractivity contribution < 1.29 is 4.74 Å². The number of halogens is 2. The minimum absolute atomic E-state index is 0.658. The highest BCUT2D eigenvalue weighted by Gasteiger charge is 1.98. The van der Waals surface area contributed by atoms with E-state index in [2.05, 4.69) is 0 Å². The van der Waals surface area contributed by atoms with Crippen LogP contribution in [0.1, 0.15) is 6.92 Å². The Morgan fingerprint density at radius 2 is 1.83 bits per heavy atom. The second-order valence-electron chi connectivity index (χ2n) is 2.16. The van der Waals surface area contributed by atoms with Gasteiger partial charge in [0.2, 0.25) is 0 Å². The van der Waals surface area contributed by atoms with Gasteiger partial charge in [-0.25, -0.2) is 0 Å². The van der Waals surface area contributed by atoms with Gasteiger partial charge in [-0.05, 0) is 31.2 Å². The van der Waals surface area contributed by atoms with Crippen LogP contribution in [0.5, 0.6) is 5.75 Å². The summed E-state index contributed by atoms with van der Waals surface area (Å²) in [4.78, 5) is 0. The summed E-state index contributed by atoms with van der Waals surface area (Å²) in [5.41, 5.74) is 0.724. The Bertz CT molecular complexity index is 235. The summed E-state index contributed by atoms with van der Waals surface area (Å²) in [6.45, 7) is 2.59. The van der Waals surface area contributed by atoms with Gasteiger partial charge in [-0.1, -0.05) is 0 Å². The summed E-state index contributed by atoms with van der Waals surface area (Å²) in [7, 11) is 0. The molecule has 1 aromatic rings.